The summed E-state index contributed by atoms with van der Waals surface area (Å²) < 4.78 is 34.2. The molecule has 1 amide bonds. The Morgan fingerprint density at radius 3 is 2.34 bits per heavy atom. The number of sulfonamides is 1. The molecule has 174 valence electrons. The molecule has 2 aromatic rings. The maximum atomic E-state index is 13.5. The number of hydrogen-bond acceptors (Lipinski definition) is 4. The minimum absolute atomic E-state index is 0.00830. The van der Waals surface area contributed by atoms with Crippen LogP contribution in [0.2, 0.25) is 5.02 Å². The molecular formula is C24H31ClN2O4S. The Bertz CT molecular complexity index is 1110. The van der Waals surface area contributed by atoms with Crippen molar-refractivity contribution in [1.29, 1.82) is 0 Å². The molecule has 3 rings (SSSR count). The number of benzene rings is 2. The monoisotopic (exact) mass is 478 g/mol. The molecule has 2 aromatic carbocycles. The third kappa shape index (κ3) is 5.56. The fourth-order valence-electron chi connectivity index (χ4n) is 4.21. The molecule has 1 N–H and O–H groups in total. The van der Waals surface area contributed by atoms with Gasteiger partial charge in [0.1, 0.15) is 5.75 Å². The highest BCUT2D eigenvalue weighted by Crippen LogP contribution is 2.39. The smallest absolute Gasteiger partial charge is 0.264 e. The number of rotatable bonds is 5. The van der Waals surface area contributed by atoms with Gasteiger partial charge in [0.25, 0.3) is 15.9 Å². The summed E-state index contributed by atoms with van der Waals surface area (Å²) >= 11 is 6.15. The van der Waals surface area contributed by atoms with E-state index in [-0.39, 0.29) is 22.8 Å². The molecule has 0 fully saturated rings. The lowest BCUT2D eigenvalue weighted by molar-refractivity contribution is -0.129. The highest BCUT2D eigenvalue weighted by atomic mass is 35.5. The van der Waals surface area contributed by atoms with E-state index in [2.05, 4.69) is 26.1 Å². The van der Waals surface area contributed by atoms with Crippen molar-refractivity contribution in [3.63, 3.8) is 0 Å². The van der Waals surface area contributed by atoms with Crippen molar-refractivity contribution in [2.45, 2.75) is 64.5 Å². The van der Waals surface area contributed by atoms with E-state index in [1.54, 1.807) is 42.5 Å². The first-order chi connectivity index (χ1) is 14.7. The van der Waals surface area contributed by atoms with E-state index in [1.807, 2.05) is 20.8 Å². The fourth-order valence-corrected chi connectivity index (χ4v) is 5.84. The zero-order valence-corrected chi connectivity index (χ0v) is 21.0. The van der Waals surface area contributed by atoms with Gasteiger partial charge in [0, 0.05) is 10.6 Å². The van der Waals surface area contributed by atoms with E-state index in [4.69, 9.17) is 16.3 Å². The van der Waals surface area contributed by atoms with Crippen LogP contribution in [0.15, 0.2) is 47.4 Å². The first-order valence-electron chi connectivity index (χ1n) is 10.6. The summed E-state index contributed by atoms with van der Waals surface area (Å²) in [6.07, 6.45) is -0.251. The van der Waals surface area contributed by atoms with Crippen molar-refractivity contribution in [1.82, 2.24) is 5.32 Å². The van der Waals surface area contributed by atoms with Crippen LogP contribution in [-0.4, -0.2) is 32.5 Å². The van der Waals surface area contributed by atoms with Crippen LogP contribution in [-0.2, 0) is 14.8 Å². The van der Waals surface area contributed by atoms with Crippen molar-refractivity contribution in [2.24, 2.45) is 5.41 Å². The lowest BCUT2D eigenvalue weighted by Gasteiger charge is -2.38. The Labute approximate surface area is 196 Å². The summed E-state index contributed by atoms with van der Waals surface area (Å²) in [5.74, 6) is -0.0610. The van der Waals surface area contributed by atoms with Gasteiger partial charge < -0.3 is 10.1 Å². The zero-order valence-electron chi connectivity index (χ0n) is 19.4. The van der Waals surface area contributed by atoms with E-state index < -0.39 is 21.7 Å². The molecule has 0 unspecified atom stereocenters. The zero-order chi connectivity index (χ0) is 23.9. The lowest BCUT2D eigenvalue weighted by Crippen LogP contribution is -2.55. The Morgan fingerprint density at radius 2 is 1.75 bits per heavy atom. The van der Waals surface area contributed by atoms with Crippen LogP contribution >= 0.6 is 11.6 Å². The molecule has 6 nitrogen and oxygen atoms in total. The second-order valence-electron chi connectivity index (χ2n) is 10.2. The van der Waals surface area contributed by atoms with Crippen LogP contribution in [0.1, 0.15) is 46.6 Å². The van der Waals surface area contributed by atoms with Gasteiger partial charge in [-0.1, -0.05) is 50.1 Å². The summed E-state index contributed by atoms with van der Waals surface area (Å²) in [5, 5.41) is 3.41. The SMILES string of the molecule is Cc1ccc(S(=O)(=O)N2C[C@H](C(=O)NC(C)(C)CC(C)(C)C)Oc3ccc(Cl)cc32)cc1. The number of anilines is 1. The standard InChI is InChI=1S/C24H31ClN2O4S/c1-16-7-10-18(11-8-16)32(29,30)27-14-21(31-20-12-9-17(25)13-19(20)27)22(28)26-24(5,6)15-23(2,3)4/h7-13,21H,14-15H2,1-6H3,(H,26,28)/t21-/m1/s1. The summed E-state index contributed by atoms with van der Waals surface area (Å²) in [7, 11) is -3.93. The van der Waals surface area contributed by atoms with Crippen LogP contribution in [0.5, 0.6) is 5.75 Å². The molecule has 1 atom stereocenters. The molecule has 0 radical (unpaired) electrons. The predicted octanol–water partition coefficient (Wildman–Crippen LogP) is 4.94. The topological polar surface area (TPSA) is 75.7 Å². The molecule has 0 saturated carbocycles. The van der Waals surface area contributed by atoms with E-state index in [0.717, 1.165) is 12.0 Å². The lowest BCUT2D eigenvalue weighted by atomic mass is 9.81. The number of carbonyl (C=O) groups is 1. The largest absolute Gasteiger partial charge is 0.476 e. The number of nitrogens with zero attached hydrogens (tertiary/aromatic N) is 1. The highest BCUT2D eigenvalue weighted by molar-refractivity contribution is 7.92. The maximum Gasteiger partial charge on any atom is 0.264 e. The van der Waals surface area contributed by atoms with Crippen LogP contribution < -0.4 is 14.4 Å². The molecule has 32 heavy (non-hydrogen) atoms. The van der Waals surface area contributed by atoms with Crippen molar-refractivity contribution in [3.8, 4) is 5.75 Å². The molecule has 0 bridgehead atoms. The highest BCUT2D eigenvalue weighted by Gasteiger charge is 2.39. The molecule has 1 aliphatic rings. The van der Waals surface area contributed by atoms with Crippen molar-refractivity contribution < 1.29 is 17.9 Å². The normalized spacial score (nSPS) is 16.8. The quantitative estimate of drug-likeness (QED) is 0.660. The number of nitrogens with one attached hydrogen (secondary N) is 1. The summed E-state index contributed by atoms with van der Waals surface area (Å²) in [5.41, 5.74) is 0.789. The molecule has 0 aliphatic carbocycles. The van der Waals surface area contributed by atoms with Gasteiger partial charge in [-0.3, -0.25) is 9.10 Å². The molecular weight excluding hydrogens is 448 g/mol. The third-order valence-electron chi connectivity index (χ3n) is 5.13. The van der Waals surface area contributed by atoms with E-state index >= 15 is 0 Å². The molecule has 0 aromatic heterocycles. The predicted molar refractivity (Wildman–Crippen MR) is 128 cm³/mol. The number of ether oxygens (including phenoxy) is 1. The molecule has 0 spiro atoms. The number of fused-ring (bicyclic) bond motifs is 1. The van der Waals surface area contributed by atoms with Crippen molar-refractivity contribution in [2.75, 3.05) is 10.8 Å². The first-order valence-corrected chi connectivity index (χ1v) is 12.4. The van der Waals surface area contributed by atoms with Crippen LogP contribution in [0.25, 0.3) is 0 Å². The second-order valence-corrected chi connectivity index (χ2v) is 12.5. The minimum Gasteiger partial charge on any atom is -0.476 e. The van der Waals surface area contributed by atoms with Crippen molar-refractivity contribution in [3.05, 3.63) is 53.1 Å². The van der Waals surface area contributed by atoms with Gasteiger partial charge >= 0.3 is 0 Å². The third-order valence-corrected chi connectivity index (χ3v) is 7.15. The van der Waals surface area contributed by atoms with Crippen LogP contribution in [0, 0.1) is 12.3 Å². The number of amides is 1. The Hall–Kier alpha value is -2.25. The maximum absolute atomic E-state index is 13.5. The molecule has 0 saturated heterocycles. The van der Waals surface area contributed by atoms with Gasteiger partial charge in [0.2, 0.25) is 0 Å². The Balaban J connectivity index is 1.95. The average Bonchev–Trinajstić information content (AvgIpc) is 2.65. The van der Waals surface area contributed by atoms with Gasteiger partial charge in [-0.15, -0.1) is 0 Å². The van der Waals surface area contributed by atoms with Gasteiger partial charge in [-0.2, -0.15) is 0 Å². The fraction of sp³-hybridized carbons (Fsp3) is 0.458. The number of halogens is 1. The molecule has 1 aliphatic heterocycles. The summed E-state index contributed by atoms with van der Waals surface area (Å²) in [6.45, 7) is 12.0. The van der Waals surface area contributed by atoms with Gasteiger partial charge in [-0.25, -0.2) is 8.42 Å². The first kappa shape index (κ1) is 24.4. The van der Waals surface area contributed by atoms with Crippen LogP contribution in [0.3, 0.4) is 0 Å². The number of carbonyl (C=O) groups excluding carboxylic acids is 1. The van der Waals surface area contributed by atoms with Gasteiger partial charge in [0.15, 0.2) is 6.10 Å². The minimum atomic E-state index is -3.93. The Morgan fingerprint density at radius 1 is 1.12 bits per heavy atom. The van der Waals surface area contributed by atoms with E-state index in [0.29, 0.717) is 16.5 Å². The van der Waals surface area contributed by atoms with Crippen molar-refractivity contribution >= 4 is 33.2 Å². The van der Waals surface area contributed by atoms with E-state index in [9.17, 15) is 13.2 Å². The van der Waals surface area contributed by atoms with Crippen LogP contribution in [0.4, 0.5) is 5.69 Å². The van der Waals surface area contributed by atoms with Gasteiger partial charge in [0.05, 0.1) is 17.1 Å². The Kier molecular flexibility index (Phi) is 6.55. The summed E-state index contributed by atoms with van der Waals surface area (Å²) in [4.78, 5) is 13.3. The number of hydrogen-bond donors (Lipinski definition) is 1. The molecule has 8 heteroatoms. The average molecular weight is 479 g/mol. The van der Waals surface area contributed by atoms with Gasteiger partial charge in [-0.05, 0) is 62.9 Å². The second kappa shape index (κ2) is 8.60. The van der Waals surface area contributed by atoms with E-state index in [1.165, 1.54) is 4.31 Å². The number of aryl methyl sites for hydroxylation is 1. The summed E-state index contributed by atoms with van der Waals surface area (Å²) in [6, 6.07) is 11.4. The molecule has 1 heterocycles.